The molecule has 0 aromatic heterocycles. The molecule has 1 saturated carbocycles. The second-order valence-electron chi connectivity index (χ2n) is 4.54. The molecule has 76 valence electrons. The molecule has 1 heterocycles. The van der Waals surface area contributed by atoms with Gasteiger partial charge in [-0.2, -0.15) is 0 Å². The van der Waals surface area contributed by atoms with Crippen molar-refractivity contribution in [3.05, 3.63) is 0 Å². The van der Waals surface area contributed by atoms with E-state index in [-0.39, 0.29) is 0 Å². The second-order valence-corrected chi connectivity index (χ2v) is 4.54. The maximum atomic E-state index is 5.87. The average molecular weight is 183 g/mol. The molecule has 1 aliphatic carbocycles. The Morgan fingerprint density at radius 3 is 2.85 bits per heavy atom. The summed E-state index contributed by atoms with van der Waals surface area (Å²) in [5.74, 6) is 0.843. The first-order valence-corrected chi connectivity index (χ1v) is 5.54. The quantitative estimate of drug-likeness (QED) is 0.580. The van der Waals surface area contributed by atoms with Crippen LogP contribution in [-0.4, -0.2) is 31.7 Å². The van der Waals surface area contributed by atoms with E-state index in [2.05, 4.69) is 10.6 Å². The zero-order valence-electron chi connectivity index (χ0n) is 8.26. The number of nitrogens with two attached hydrogens (primary N) is 1. The molecule has 0 amide bonds. The van der Waals surface area contributed by atoms with Crippen LogP contribution < -0.4 is 16.4 Å². The molecular weight excluding hydrogens is 162 g/mol. The van der Waals surface area contributed by atoms with Crippen molar-refractivity contribution in [2.45, 2.75) is 37.8 Å². The minimum atomic E-state index is 0.480. The van der Waals surface area contributed by atoms with Crippen LogP contribution in [0.1, 0.15) is 25.7 Å². The normalized spacial score (nSPS) is 39.9. The lowest BCUT2D eigenvalue weighted by atomic mass is 10.1. The molecule has 1 saturated heterocycles. The van der Waals surface area contributed by atoms with Crippen molar-refractivity contribution < 1.29 is 0 Å². The summed E-state index contributed by atoms with van der Waals surface area (Å²) in [6.45, 7) is 3.51. The Morgan fingerprint density at radius 2 is 2.23 bits per heavy atom. The van der Waals surface area contributed by atoms with Crippen molar-refractivity contribution in [1.29, 1.82) is 0 Å². The van der Waals surface area contributed by atoms with Gasteiger partial charge in [0, 0.05) is 18.6 Å². The number of hydrogen-bond acceptors (Lipinski definition) is 3. The van der Waals surface area contributed by atoms with Crippen LogP contribution in [0.3, 0.4) is 0 Å². The SMILES string of the molecule is NC1CCC(CNC2CCNC2)C1. The van der Waals surface area contributed by atoms with Crippen molar-refractivity contribution >= 4 is 0 Å². The third-order valence-corrected chi connectivity index (χ3v) is 3.34. The Hall–Kier alpha value is -0.120. The fourth-order valence-electron chi connectivity index (χ4n) is 2.46. The van der Waals surface area contributed by atoms with Gasteiger partial charge in [-0.15, -0.1) is 0 Å². The Bertz CT molecular complexity index is 154. The van der Waals surface area contributed by atoms with Crippen molar-refractivity contribution in [2.24, 2.45) is 11.7 Å². The molecule has 13 heavy (non-hydrogen) atoms. The van der Waals surface area contributed by atoms with Crippen molar-refractivity contribution in [3.8, 4) is 0 Å². The summed E-state index contributed by atoms with van der Waals surface area (Å²) in [6, 6.07) is 1.20. The highest BCUT2D eigenvalue weighted by Crippen LogP contribution is 2.23. The summed E-state index contributed by atoms with van der Waals surface area (Å²) < 4.78 is 0. The minimum Gasteiger partial charge on any atom is -0.328 e. The molecule has 3 nitrogen and oxygen atoms in total. The van der Waals surface area contributed by atoms with Gasteiger partial charge < -0.3 is 16.4 Å². The Labute approximate surface area is 80.5 Å². The van der Waals surface area contributed by atoms with Gasteiger partial charge in [0.05, 0.1) is 0 Å². The smallest absolute Gasteiger partial charge is 0.0204 e. The van der Waals surface area contributed by atoms with Crippen LogP contribution in [0, 0.1) is 5.92 Å². The third kappa shape index (κ3) is 2.66. The van der Waals surface area contributed by atoms with Crippen molar-refractivity contribution in [3.63, 3.8) is 0 Å². The Morgan fingerprint density at radius 1 is 1.31 bits per heavy atom. The van der Waals surface area contributed by atoms with E-state index in [4.69, 9.17) is 5.73 Å². The van der Waals surface area contributed by atoms with Gasteiger partial charge in [-0.3, -0.25) is 0 Å². The van der Waals surface area contributed by atoms with Gasteiger partial charge >= 0.3 is 0 Å². The molecule has 3 heteroatoms. The van der Waals surface area contributed by atoms with Crippen LogP contribution in [0.4, 0.5) is 0 Å². The summed E-state index contributed by atoms with van der Waals surface area (Å²) >= 11 is 0. The monoisotopic (exact) mass is 183 g/mol. The molecule has 1 aliphatic heterocycles. The summed E-state index contributed by atoms with van der Waals surface area (Å²) in [4.78, 5) is 0. The number of hydrogen-bond donors (Lipinski definition) is 3. The first-order valence-electron chi connectivity index (χ1n) is 5.54. The van der Waals surface area contributed by atoms with Gasteiger partial charge in [0.2, 0.25) is 0 Å². The molecule has 0 aromatic rings. The zero-order valence-corrected chi connectivity index (χ0v) is 8.26. The van der Waals surface area contributed by atoms with E-state index in [1.165, 1.54) is 38.8 Å². The van der Waals surface area contributed by atoms with E-state index < -0.39 is 0 Å². The van der Waals surface area contributed by atoms with Crippen molar-refractivity contribution in [1.82, 2.24) is 10.6 Å². The topological polar surface area (TPSA) is 50.1 Å². The average Bonchev–Trinajstić information content (AvgIpc) is 2.71. The second kappa shape index (κ2) is 4.40. The third-order valence-electron chi connectivity index (χ3n) is 3.34. The van der Waals surface area contributed by atoms with Gasteiger partial charge in [-0.05, 0) is 44.7 Å². The molecule has 0 spiro atoms. The van der Waals surface area contributed by atoms with Crippen LogP contribution in [-0.2, 0) is 0 Å². The van der Waals surface area contributed by atoms with Gasteiger partial charge in [-0.25, -0.2) is 0 Å². The lowest BCUT2D eigenvalue weighted by molar-refractivity contribution is 0.440. The van der Waals surface area contributed by atoms with Gasteiger partial charge in [-0.1, -0.05) is 0 Å². The van der Waals surface area contributed by atoms with E-state index in [1.807, 2.05) is 0 Å². The van der Waals surface area contributed by atoms with Gasteiger partial charge in [0.1, 0.15) is 0 Å². The maximum absolute atomic E-state index is 5.87. The predicted octanol–water partition coefficient (Wildman–Crippen LogP) is 0.0653. The highest BCUT2D eigenvalue weighted by Gasteiger charge is 2.22. The van der Waals surface area contributed by atoms with E-state index >= 15 is 0 Å². The lowest BCUT2D eigenvalue weighted by Crippen LogP contribution is -2.34. The highest BCUT2D eigenvalue weighted by molar-refractivity contribution is 4.82. The van der Waals surface area contributed by atoms with Crippen LogP contribution in [0.2, 0.25) is 0 Å². The fraction of sp³-hybridized carbons (Fsp3) is 1.00. The van der Waals surface area contributed by atoms with Crippen LogP contribution in [0.25, 0.3) is 0 Å². The van der Waals surface area contributed by atoms with Crippen LogP contribution in [0.15, 0.2) is 0 Å². The molecule has 2 aliphatic rings. The molecule has 0 bridgehead atoms. The summed E-state index contributed by atoms with van der Waals surface area (Å²) in [7, 11) is 0. The molecule has 2 fully saturated rings. The molecule has 4 N–H and O–H groups in total. The van der Waals surface area contributed by atoms with Crippen LogP contribution >= 0.6 is 0 Å². The minimum absolute atomic E-state index is 0.480. The first-order chi connectivity index (χ1) is 6.34. The Balaban J connectivity index is 1.62. The zero-order chi connectivity index (χ0) is 9.10. The lowest BCUT2D eigenvalue weighted by Gasteiger charge is -2.15. The van der Waals surface area contributed by atoms with Crippen LogP contribution in [0.5, 0.6) is 0 Å². The maximum Gasteiger partial charge on any atom is 0.0204 e. The van der Waals surface area contributed by atoms with E-state index in [0.717, 1.165) is 18.5 Å². The Kier molecular flexibility index (Phi) is 3.19. The van der Waals surface area contributed by atoms with E-state index in [9.17, 15) is 0 Å². The van der Waals surface area contributed by atoms with Gasteiger partial charge in [0.15, 0.2) is 0 Å². The van der Waals surface area contributed by atoms with E-state index in [1.54, 1.807) is 0 Å². The molecule has 2 rings (SSSR count). The first kappa shape index (κ1) is 9.44. The molecule has 3 atom stereocenters. The summed E-state index contributed by atoms with van der Waals surface area (Å²) in [5.41, 5.74) is 5.87. The molecule has 0 radical (unpaired) electrons. The molecule has 3 unspecified atom stereocenters. The highest BCUT2D eigenvalue weighted by atomic mass is 15.0. The predicted molar refractivity (Wildman–Crippen MR) is 54.6 cm³/mol. The van der Waals surface area contributed by atoms with Gasteiger partial charge in [0.25, 0.3) is 0 Å². The fourth-order valence-corrected chi connectivity index (χ4v) is 2.46. The molecular formula is C10H21N3. The summed E-state index contributed by atoms with van der Waals surface area (Å²) in [5, 5.41) is 7.00. The largest absolute Gasteiger partial charge is 0.328 e. The standard InChI is InChI=1S/C10H21N3/c11-9-2-1-8(5-9)6-13-10-3-4-12-7-10/h8-10,12-13H,1-7,11H2. The number of nitrogens with one attached hydrogen (secondary N) is 2. The number of rotatable bonds is 3. The van der Waals surface area contributed by atoms with Crippen molar-refractivity contribution in [2.75, 3.05) is 19.6 Å². The molecule has 0 aromatic carbocycles. The summed E-state index contributed by atoms with van der Waals surface area (Å²) in [6.07, 6.45) is 5.08. The van der Waals surface area contributed by atoms with E-state index in [0.29, 0.717) is 6.04 Å².